The van der Waals surface area contributed by atoms with Crippen molar-refractivity contribution in [1.29, 1.82) is 0 Å². The van der Waals surface area contributed by atoms with E-state index in [2.05, 4.69) is 244 Å². The SMILES string of the molecule is Cc1ccc2c3c(cccc13)-c1c-2c(-c2ccccc2)c2ccccc2c1-c1ccccc1.Cc1ccc2c3c(cccc13)-c1c-2c(-c2ccccc2)c2ccccc2c1-c1ccccc1. The fourth-order valence-corrected chi connectivity index (χ4v) is 11.5. The smallest absolute Gasteiger partial charge is 0.000741 e. The van der Waals surface area contributed by atoms with Crippen LogP contribution >= 0.6 is 0 Å². The molecule has 0 radical (unpaired) electrons. The van der Waals surface area contributed by atoms with Crippen molar-refractivity contribution in [2.75, 3.05) is 0 Å². The van der Waals surface area contributed by atoms with Gasteiger partial charge in [-0.1, -0.05) is 231 Å². The van der Waals surface area contributed by atoms with Gasteiger partial charge in [0, 0.05) is 0 Å². The minimum absolute atomic E-state index is 1.27. The van der Waals surface area contributed by atoms with Gasteiger partial charge in [-0.15, -0.1) is 0 Å². The van der Waals surface area contributed by atoms with Gasteiger partial charge in [0.05, 0.1) is 0 Å². The molecule has 12 aromatic carbocycles. The first-order chi connectivity index (χ1) is 32.7. The maximum atomic E-state index is 2.34. The van der Waals surface area contributed by atoms with Crippen molar-refractivity contribution in [3.8, 4) is 89.0 Å². The highest BCUT2D eigenvalue weighted by molar-refractivity contribution is 6.29. The zero-order valence-corrected chi connectivity index (χ0v) is 36.9. The van der Waals surface area contributed by atoms with Crippen LogP contribution in [0.15, 0.2) is 231 Å². The van der Waals surface area contributed by atoms with Crippen molar-refractivity contribution in [2.24, 2.45) is 0 Å². The van der Waals surface area contributed by atoms with Gasteiger partial charge in [-0.05, 0) is 157 Å². The van der Waals surface area contributed by atoms with Crippen LogP contribution in [0.1, 0.15) is 11.1 Å². The molecule has 12 aromatic rings. The molecule has 0 aromatic heterocycles. The number of rotatable bonds is 4. The highest BCUT2D eigenvalue weighted by Gasteiger charge is 2.32. The highest BCUT2D eigenvalue weighted by atomic mass is 14.3. The molecule has 0 heterocycles. The van der Waals surface area contributed by atoms with Crippen LogP contribution in [-0.2, 0) is 0 Å². The molecule has 0 fully saturated rings. The standard InChI is InChI=1S/2C33H22/c2*1-21-19-20-28-31-24(21)17-10-18-27(31)32-29(22-11-4-2-5-12-22)25-15-8-9-16-26(25)30(33(28)32)23-13-6-3-7-14-23/h2*2-20H,1H3. The van der Waals surface area contributed by atoms with E-state index in [1.54, 1.807) is 0 Å². The number of hydrogen-bond acceptors (Lipinski definition) is 0. The zero-order chi connectivity index (χ0) is 43.9. The molecule has 0 amide bonds. The lowest BCUT2D eigenvalue weighted by atomic mass is 9.82. The first-order valence-corrected chi connectivity index (χ1v) is 23.1. The molecule has 308 valence electrons. The molecule has 2 aliphatic rings. The molecule has 0 atom stereocenters. The lowest BCUT2D eigenvalue weighted by Gasteiger charge is -2.20. The van der Waals surface area contributed by atoms with Gasteiger partial charge < -0.3 is 0 Å². The van der Waals surface area contributed by atoms with Crippen LogP contribution in [0.3, 0.4) is 0 Å². The summed E-state index contributed by atoms with van der Waals surface area (Å²) in [6, 6.07) is 84.2. The van der Waals surface area contributed by atoms with Crippen molar-refractivity contribution >= 4 is 43.1 Å². The summed E-state index contributed by atoms with van der Waals surface area (Å²) in [6.45, 7) is 4.44. The van der Waals surface area contributed by atoms with E-state index >= 15 is 0 Å². The Hall–Kier alpha value is -8.32. The maximum absolute atomic E-state index is 2.34. The quantitative estimate of drug-likeness (QED) is 0.166. The molecule has 0 N–H and O–H groups in total. The summed E-state index contributed by atoms with van der Waals surface area (Å²) in [7, 11) is 0. The Balaban J connectivity index is 0.000000132. The van der Waals surface area contributed by atoms with E-state index in [0.717, 1.165) is 0 Å². The van der Waals surface area contributed by atoms with E-state index in [1.807, 2.05) is 0 Å². The monoisotopic (exact) mass is 836 g/mol. The van der Waals surface area contributed by atoms with Gasteiger partial charge in [0.15, 0.2) is 0 Å². The van der Waals surface area contributed by atoms with Crippen LogP contribution in [0.25, 0.3) is 132 Å². The van der Waals surface area contributed by atoms with Crippen LogP contribution < -0.4 is 0 Å². The minimum Gasteiger partial charge on any atom is -0.0622 e. The van der Waals surface area contributed by atoms with Gasteiger partial charge in [0.1, 0.15) is 0 Å². The Morgan fingerprint density at radius 3 is 0.712 bits per heavy atom. The Bertz CT molecular complexity index is 3460. The summed E-state index contributed by atoms with van der Waals surface area (Å²) < 4.78 is 0. The Labute approximate surface area is 385 Å². The van der Waals surface area contributed by atoms with Gasteiger partial charge in [-0.25, -0.2) is 0 Å². The normalized spacial score (nSPS) is 11.8. The fourth-order valence-electron chi connectivity index (χ4n) is 11.5. The van der Waals surface area contributed by atoms with Crippen LogP contribution in [-0.4, -0.2) is 0 Å². The molecular weight excluding hydrogens is 793 g/mol. The number of benzene rings is 12. The van der Waals surface area contributed by atoms with E-state index in [-0.39, 0.29) is 0 Å². The van der Waals surface area contributed by atoms with E-state index in [1.165, 1.54) is 143 Å². The topological polar surface area (TPSA) is 0 Å². The second-order valence-corrected chi connectivity index (χ2v) is 17.9. The summed E-state index contributed by atoms with van der Waals surface area (Å²) in [5, 5.41) is 10.7. The molecule has 0 unspecified atom stereocenters. The Morgan fingerprint density at radius 2 is 0.424 bits per heavy atom. The summed E-state index contributed by atoms with van der Waals surface area (Å²) in [5.41, 5.74) is 23.9. The first-order valence-electron chi connectivity index (χ1n) is 23.1. The van der Waals surface area contributed by atoms with Crippen molar-refractivity contribution in [2.45, 2.75) is 13.8 Å². The third-order valence-corrected chi connectivity index (χ3v) is 14.3. The summed E-state index contributed by atoms with van der Waals surface area (Å²) in [5.74, 6) is 0. The zero-order valence-electron chi connectivity index (χ0n) is 36.9. The lowest BCUT2D eigenvalue weighted by molar-refractivity contribution is 1.54. The van der Waals surface area contributed by atoms with E-state index < -0.39 is 0 Å². The molecule has 14 rings (SSSR count). The predicted octanol–water partition coefficient (Wildman–Crippen LogP) is 18.6. The molecule has 0 heteroatoms. The molecule has 0 saturated heterocycles. The Kier molecular flexibility index (Phi) is 8.76. The number of fused-ring (bicyclic) bond motifs is 8. The maximum Gasteiger partial charge on any atom is -0.000741 e. The van der Waals surface area contributed by atoms with Gasteiger partial charge in [0.25, 0.3) is 0 Å². The molecule has 2 aliphatic carbocycles. The average molecular weight is 837 g/mol. The van der Waals surface area contributed by atoms with Gasteiger partial charge >= 0.3 is 0 Å². The lowest BCUT2D eigenvalue weighted by Crippen LogP contribution is -1.93. The first kappa shape index (κ1) is 38.2. The van der Waals surface area contributed by atoms with Crippen molar-refractivity contribution in [3.63, 3.8) is 0 Å². The second-order valence-electron chi connectivity index (χ2n) is 17.9. The average Bonchev–Trinajstić information content (AvgIpc) is 3.89. The van der Waals surface area contributed by atoms with Crippen LogP contribution in [0.2, 0.25) is 0 Å². The third kappa shape index (κ3) is 5.65. The van der Waals surface area contributed by atoms with E-state index in [0.29, 0.717) is 0 Å². The largest absolute Gasteiger partial charge is 0.0622 e. The molecule has 0 nitrogen and oxygen atoms in total. The highest BCUT2D eigenvalue weighted by Crippen LogP contribution is 2.59. The van der Waals surface area contributed by atoms with Crippen molar-refractivity contribution < 1.29 is 0 Å². The molecule has 0 aliphatic heterocycles. The molecule has 66 heavy (non-hydrogen) atoms. The van der Waals surface area contributed by atoms with Crippen molar-refractivity contribution in [1.82, 2.24) is 0 Å². The second kappa shape index (κ2) is 15.2. The van der Waals surface area contributed by atoms with E-state index in [4.69, 9.17) is 0 Å². The molecule has 0 bridgehead atoms. The van der Waals surface area contributed by atoms with Gasteiger partial charge in [-0.3, -0.25) is 0 Å². The van der Waals surface area contributed by atoms with Crippen LogP contribution in [0.4, 0.5) is 0 Å². The van der Waals surface area contributed by atoms with Gasteiger partial charge in [-0.2, -0.15) is 0 Å². The minimum atomic E-state index is 1.27. The third-order valence-electron chi connectivity index (χ3n) is 14.3. The van der Waals surface area contributed by atoms with Crippen LogP contribution in [0.5, 0.6) is 0 Å². The summed E-state index contributed by atoms with van der Waals surface area (Å²) >= 11 is 0. The van der Waals surface area contributed by atoms with Gasteiger partial charge in [0.2, 0.25) is 0 Å². The van der Waals surface area contributed by atoms with Crippen LogP contribution in [0, 0.1) is 13.8 Å². The summed E-state index contributed by atoms with van der Waals surface area (Å²) in [6.07, 6.45) is 0. The molecule has 0 saturated carbocycles. The molecule has 0 spiro atoms. The number of aryl methyl sites for hydroxylation is 2. The number of hydrogen-bond donors (Lipinski definition) is 0. The van der Waals surface area contributed by atoms with E-state index in [9.17, 15) is 0 Å². The molecular formula is C66H44. The predicted molar refractivity (Wildman–Crippen MR) is 283 cm³/mol. The van der Waals surface area contributed by atoms with Crippen molar-refractivity contribution in [3.05, 3.63) is 242 Å². The Morgan fingerprint density at radius 1 is 0.182 bits per heavy atom. The summed E-state index contributed by atoms with van der Waals surface area (Å²) in [4.78, 5) is 0. The fraction of sp³-hybridized carbons (Fsp3) is 0.0303.